The maximum Gasteiger partial charge on any atom is 0.225 e. The van der Waals surface area contributed by atoms with Crippen molar-refractivity contribution in [3.05, 3.63) is 34.3 Å². The number of allylic oxidation sites excluding steroid dienone is 1. The Morgan fingerprint density at radius 1 is 1.58 bits per heavy atom. The highest BCUT2D eigenvalue weighted by atomic mass is 32.2. The van der Waals surface area contributed by atoms with Crippen LogP contribution in [-0.4, -0.2) is 11.7 Å². The summed E-state index contributed by atoms with van der Waals surface area (Å²) in [5.74, 6) is 2.05. The predicted octanol–water partition coefficient (Wildman–Crippen LogP) is 3.07. The molecule has 0 aromatic carbocycles. The van der Waals surface area contributed by atoms with Crippen molar-refractivity contribution in [2.45, 2.75) is 32.6 Å². The summed E-state index contributed by atoms with van der Waals surface area (Å²) in [4.78, 5) is 11.8. The van der Waals surface area contributed by atoms with E-state index < -0.39 is 0 Å². The van der Waals surface area contributed by atoms with E-state index >= 15 is 0 Å². The number of furan rings is 1. The van der Waals surface area contributed by atoms with E-state index in [0.29, 0.717) is 16.4 Å². The third-order valence-corrected chi connectivity index (χ3v) is 4.13. The zero-order chi connectivity index (χ0) is 13.8. The van der Waals surface area contributed by atoms with Crippen molar-refractivity contribution in [3.63, 3.8) is 0 Å². The van der Waals surface area contributed by atoms with Gasteiger partial charge in [0.25, 0.3) is 0 Å². The average Bonchev–Trinajstić information content (AvgIpc) is 2.82. The SMILES string of the molecule is CCCSC1=C(C#N)C(c2ccc(C)o2)CC(=O)N1. The van der Waals surface area contributed by atoms with Gasteiger partial charge in [0.05, 0.1) is 22.6 Å². The molecule has 100 valence electrons. The number of hydrogen-bond donors (Lipinski definition) is 1. The Labute approximate surface area is 116 Å². The van der Waals surface area contributed by atoms with Gasteiger partial charge in [0.2, 0.25) is 5.91 Å². The standard InChI is InChI=1S/C14H16N2O2S/c1-3-6-19-14-11(8-15)10(7-13(17)16-14)12-5-4-9(2)18-12/h4-5,10H,3,6-7H2,1-2H3,(H,16,17). The number of carbonyl (C=O) groups is 1. The van der Waals surface area contributed by atoms with Gasteiger partial charge >= 0.3 is 0 Å². The van der Waals surface area contributed by atoms with Crippen LogP contribution in [0.2, 0.25) is 0 Å². The molecule has 0 aliphatic carbocycles. The number of rotatable bonds is 4. The van der Waals surface area contributed by atoms with Crippen LogP contribution in [0.1, 0.15) is 37.2 Å². The minimum atomic E-state index is -0.258. The summed E-state index contributed by atoms with van der Waals surface area (Å²) in [5.41, 5.74) is 0.604. The Hall–Kier alpha value is -1.67. The predicted molar refractivity (Wildman–Crippen MR) is 74.3 cm³/mol. The molecule has 0 bridgehead atoms. The lowest BCUT2D eigenvalue weighted by Gasteiger charge is -2.23. The van der Waals surface area contributed by atoms with Gasteiger partial charge in [0, 0.05) is 6.42 Å². The maximum absolute atomic E-state index is 11.8. The largest absolute Gasteiger partial charge is 0.466 e. The van der Waals surface area contributed by atoms with E-state index in [-0.39, 0.29) is 18.2 Å². The fourth-order valence-electron chi connectivity index (χ4n) is 2.02. The molecule has 19 heavy (non-hydrogen) atoms. The smallest absolute Gasteiger partial charge is 0.225 e. The average molecular weight is 276 g/mol. The quantitative estimate of drug-likeness (QED) is 0.917. The van der Waals surface area contributed by atoms with Crippen LogP contribution in [0.4, 0.5) is 0 Å². The van der Waals surface area contributed by atoms with E-state index in [1.807, 2.05) is 19.1 Å². The second kappa shape index (κ2) is 5.98. The third-order valence-electron chi connectivity index (χ3n) is 2.91. The van der Waals surface area contributed by atoms with Crippen molar-refractivity contribution >= 4 is 17.7 Å². The van der Waals surface area contributed by atoms with E-state index in [4.69, 9.17) is 4.42 Å². The molecule has 5 heteroatoms. The molecule has 1 aliphatic heterocycles. The molecule has 0 saturated heterocycles. The molecule has 1 amide bonds. The van der Waals surface area contributed by atoms with Crippen molar-refractivity contribution in [2.24, 2.45) is 0 Å². The summed E-state index contributed by atoms with van der Waals surface area (Å²) in [6.45, 7) is 3.92. The number of thioether (sulfide) groups is 1. The van der Waals surface area contributed by atoms with E-state index in [0.717, 1.165) is 17.9 Å². The highest BCUT2D eigenvalue weighted by Gasteiger charge is 2.31. The van der Waals surface area contributed by atoms with Gasteiger partial charge in [-0.2, -0.15) is 5.26 Å². The van der Waals surface area contributed by atoms with E-state index in [9.17, 15) is 10.1 Å². The first-order chi connectivity index (χ1) is 9.15. The summed E-state index contributed by atoms with van der Waals surface area (Å²) in [5, 5.41) is 12.8. The minimum Gasteiger partial charge on any atom is -0.466 e. The summed E-state index contributed by atoms with van der Waals surface area (Å²) < 4.78 is 5.58. The monoisotopic (exact) mass is 276 g/mol. The van der Waals surface area contributed by atoms with Crippen molar-refractivity contribution in [3.8, 4) is 6.07 Å². The lowest BCUT2D eigenvalue weighted by atomic mass is 9.92. The number of nitrogens with zero attached hydrogens (tertiary/aromatic N) is 1. The van der Waals surface area contributed by atoms with Gasteiger partial charge in [-0.15, -0.1) is 11.8 Å². The van der Waals surface area contributed by atoms with E-state index in [1.54, 1.807) is 0 Å². The van der Waals surface area contributed by atoms with E-state index in [2.05, 4.69) is 18.3 Å². The number of aryl methyl sites for hydroxylation is 1. The Bertz CT molecular complexity index is 554. The van der Waals surface area contributed by atoms with Crippen LogP contribution >= 0.6 is 11.8 Å². The Morgan fingerprint density at radius 2 is 2.37 bits per heavy atom. The van der Waals surface area contributed by atoms with Crippen LogP contribution in [0.3, 0.4) is 0 Å². The number of hydrogen-bond acceptors (Lipinski definition) is 4. The van der Waals surface area contributed by atoms with Crippen molar-refractivity contribution in [2.75, 3.05) is 5.75 Å². The normalized spacial score (nSPS) is 19.2. The molecule has 0 fully saturated rings. The van der Waals surface area contributed by atoms with Gasteiger partial charge in [-0.3, -0.25) is 4.79 Å². The van der Waals surface area contributed by atoms with Crippen LogP contribution in [0.5, 0.6) is 0 Å². The van der Waals surface area contributed by atoms with Crippen LogP contribution in [0.25, 0.3) is 0 Å². The molecule has 0 spiro atoms. The van der Waals surface area contributed by atoms with Crippen molar-refractivity contribution in [1.29, 1.82) is 5.26 Å². The Balaban J connectivity index is 2.35. The number of carbonyl (C=O) groups excluding carboxylic acids is 1. The van der Waals surface area contributed by atoms with Gasteiger partial charge in [-0.05, 0) is 31.2 Å². The Kier molecular flexibility index (Phi) is 4.33. The molecule has 0 saturated carbocycles. The molecule has 1 aliphatic rings. The van der Waals surface area contributed by atoms with Gasteiger partial charge in [-0.1, -0.05) is 6.92 Å². The molecule has 2 rings (SSSR count). The highest BCUT2D eigenvalue weighted by molar-refractivity contribution is 8.03. The van der Waals surface area contributed by atoms with Crippen LogP contribution < -0.4 is 5.32 Å². The molecule has 1 atom stereocenters. The molecule has 4 nitrogen and oxygen atoms in total. The van der Waals surface area contributed by atoms with Gasteiger partial charge in [0.15, 0.2) is 0 Å². The summed E-state index contributed by atoms with van der Waals surface area (Å²) in [6.07, 6.45) is 1.26. The topological polar surface area (TPSA) is 66.0 Å². The highest BCUT2D eigenvalue weighted by Crippen LogP contribution is 2.36. The fourth-order valence-corrected chi connectivity index (χ4v) is 2.96. The molecular formula is C14H16N2O2S. The van der Waals surface area contributed by atoms with Crippen LogP contribution in [-0.2, 0) is 4.79 Å². The van der Waals surface area contributed by atoms with E-state index in [1.165, 1.54) is 11.8 Å². The third kappa shape index (κ3) is 3.02. The first-order valence-electron chi connectivity index (χ1n) is 6.29. The Morgan fingerprint density at radius 3 is 2.95 bits per heavy atom. The van der Waals surface area contributed by atoms with Crippen LogP contribution in [0, 0.1) is 18.3 Å². The minimum absolute atomic E-state index is 0.0587. The zero-order valence-electron chi connectivity index (χ0n) is 11.0. The van der Waals surface area contributed by atoms with Gasteiger partial charge in [-0.25, -0.2) is 0 Å². The molecule has 1 aromatic rings. The molecular weight excluding hydrogens is 260 g/mol. The summed E-state index contributed by atoms with van der Waals surface area (Å²) in [6, 6.07) is 5.93. The second-order valence-electron chi connectivity index (χ2n) is 4.46. The van der Waals surface area contributed by atoms with Gasteiger partial charge in [0.1, 0.15) is 11.5 Å². The van der Waals surface area contributed by atoms with Crippen LogP contribution in [0.15, 0.2) is 27.2 Å². The number of nitriles is 1. The van der Waals surface area contributed by atoms with Crippen molar-refractivity contribution in [1.82, 2.24) is 5.32 Å². The summed E-state index contributed by atoms with van der Waals surface area (Å²) in [7, 11) is 0. The summed E-state index contributed by atoms with van der Waals surface area (Å²) >= 11 is 1.52. The second-order valence-corrected chi connectivity index (χ2v) is 5.56. The fraction of sp³-hybridized carbons (Fsp3) is 0.429. The molecule has 1 unspecified atom stereocenters. The molecule has 2 heterocycles. The lowest BCUT2D eigenvalue weighted by molar-refractivity contribution is -0.120. The first kappa shape index (κ1) is 13.8. The number of amides is 1. The zero-order valence-corrected chi connectivity index (χ0v) is 11.8. The maximum atomic E-state index is 11.8. The van der Waals surface area contributed by atoms with Crippen molar-refractivity contribution < 1.29 is 9.21 Å². The molecule has 1 N–H and O–H groups in total. The molecule has 0 radical (unpaired) electrons. The number of nitrogens with one attached hydrogen (secondary N) is 1. The first-order valence-corrected chi connectivity index (χ1v) is 7.27. The molecule has 1 aromatic heterocycles. The van der Waals surface area contributed by atoms with Gasteiger partial charge < -0.3 is 9.73 Å². The lowest BCUT2D eigenvalue weighted by Crippen LogP contribution is -2.30.